The number of carbonyl (C=O) groups is 1. The lowest BCUT2D eigenvalue weighted by molar-refractivity contribution is -0.340. The molecule has 7 aliphatic rings. The Kier molecular flexibility index (Phi) is 18.9. The highest BCUT2D eigenvalue weighted by Crippen LogP contribution is 2.53. The molecule has 6 heterocycles. The van der Waals surface area contributed by atoms with E-state index in [9.17, 15) is 5.11 Å². The molecule has 16 heteroatoms. The van der Waals surface area contributed by atoms with Gasteiger partial charge in [0.05, 0.1) is 55.4 Å². The highest BCUT2D eigenvalue weighted by molar-refractivity contribution is 6.74. The number of carbonyl (C=O) groups excluding carboxylic acids is 1. The Bertz CT molecular complexity index is 2010. The Morgan fingerprint density at radius 2 is 1.55 bits per heavy atom. The van der Waals surface area contributed by atoms with Crippen LogP contribution >= 0.6 is 0 Å². The molecule has 0 aromatic heterocycles. The fourth-order valence-corrected chi connectivity index (χ4v) is 14.9. The number of aliphatic hydroxyl groups excluding tert-OH is 1. The fraction of sp³-hybridized carbons (Fsp3) is 0.842. The van der Waals surface area contributed by atoms with Gasteiger partial charge in [0, 0.05) is 52.2 Å². The maximum absolute atomic E-state index is 15.4. The zero-order valence-electron chi connectivity index (χ0n) is 47.9. The van der Waals surface area contributed by atoms with Crippen molar-refractivity contribution in [1.29, 1.82) is 0 Å². The van der Waals surface area contributed by atoms with E-state index in [1.807, 2.05) is 13.8 Å². The first-order chi connectivity index (χ1) is 34.1. The minimum Gasteiger partial charge on any atom is -0.462 e. The molecule has 2 bridgehead atoms. The number of esters is 1. The van der Waals surface area contributed by atoms with Crippen LogP contribution in [0.5, 0.6) is 0 Å². The molecule has 1 spiro atoms. The number of hydrogen-bond donors (Lipinski definition) is 1. The predicted molar refractivity (Wildman–Crippen MR) is 286 cm³/mol. The molecule has 0 unspecified atom stereocenters. The number of aliphatic hydroxyl groups is 1. The SMILES string of the molecule is CC[C@H](C)[C@H]1O[C@]2(CC[C@@H]1C)C[C@@H]1C[C@@H](C/C=C(\C)[C@@H](O[C@H]3C[C@H](OC)[C@@H](O[C@H]4C[C@H](OC)[C@@H](O)[C@H](C)O4)[C@H](C)O3)[C@@H](C)/C=C/C=C3\CO[C@@H]4[C@H](O[Si](C)(C)C(C)(C)C)C(C)=C[C@@H](C(=O)O1)[C@]34O[Si](C)(C)C)O2. The van der Waals surface area contributed by atoms with Crippen molar-refractivity contribution in [2.75, 3.05) is 20.8 Å². The number of fused-ring (bicyclic) bond motifs is 2. The van der Waals surface area contributed by atoms with Gasteiger partial charge in [-0.3, -0.25) is 4.79 Å². The largest absolute Gasteiger partial charge is 0.462 e. The van der Waals surface area contributed by atoms with Crippen LogP contribution in [0.2, 0.25) is 37.8 Å². The van der Waals surface area contributed by atoms with Crippen LogP contribution in [0.4, 0.5) is 0 Å². The molecule has 6 aliphatic heterocycles. The second kappa shape index (κ2) is 23.4. The molecule has 73 heavy (non-hydrogen) atoms. The van der Waals surface area contributed by atoms with E-state index in [0.29, 0.717) is 50.4 Å². The molecular weight excluding hydrogens is 965 g/mol. The highest BCUT2D eigenvalue weighted by atomic mass is 28.4. The summed E-state index contributed by atoms with van der Waals surface area (Å²) in [5, 5.41) is 10.6. The molecule has 1 aliphatic carbocycles. The zero-order chi connectivity index (χ0) is 53.6. The first kappa shape index (κ1) is 59.1. The Morgan fingerprint density at radius 3 is 2.21 bits per heavy atom. The monoisotopic (exact) mass is 1060 g/mol. The van der Waals surface area contributed by atoms with Crippen LogP contribution < -0.4 is 0 Å². The van der Waals surface area contributed by atoms with Crippen molar-refractivity contribution < 1.29 is 66.1 Å². The van der Waals surface area contributed by atoms with Gasteiger partial charge in [-0.2, -0.15) is 0 Å². The van der Waals surface area contributed by atoms with Crippen LogP contribution in [0.15, 0.2) is 47.1 Å². The molecule has 1 N–H and O–H groups in total. The molecule has 7 rings (SSSR count). The molecule has 0 aromatic carbocycles. The lowest BCUT2D eigenvalue weighted by Gasteiger charge is -2.52. The molecule has 0 aromatic rings. The molecule has 14 nitrogen and oxygen atoms in total. The first-order valence-electron chi connectivity index (χ1n) is 27.8. The quantitative estimate of drug-likeness (QED) is 0.112. The fourth-order valence-electron chi connectivity index (χ4n) is 12.3. The summed E-state index contributed by atoms with van der Waals surface area (Å²) in [6, 6.07) is 0. The summed E-state index contributed by atoms with van der Waals surface area (Å²) >= 11 is 0. The Balaban J connectivity index is 1.27. The van der Waals surface area contributed by atoms with E-state index in [1.54, 1.807) is 14.2 Å². The van der Waals surface area contributed by atoms with Gasteiger partial charge >= 0.3 is 5.97 Å². The first-order valence-corrected chi connectivity index (χ1v) is 34.1. The summed E-state index contributed by atoms with van der Waals surface area (Å²) in [6.07, 6.45) is 9.41. The molecule has 416 valence electrons. The minimum absolute atomic E-state index is 0.0152. The van der Waals surface area contributed by atoms with Gasteiger partial charge in [-0.25, -0.2) is 0 Å². The Labute approximate surface area is 441 Å². The van der Waals surface area contributed by atoms with E-state index in [4.69, 9.17) is 56.2 Å². The van der Waals surface area contributed by atoms with E-state index in [1.165, 1.54) is 0 Å². The van der Waals surface area contributed by atoms with E-state index in [2.05, 4.69) is 125 Å². The summed E-state index contributed by atoms with van der Waals surface area (Å²) in [4.78, 5) is 15.4. The summed E-state index contributed by atoms with van der Waals surface area (Å²) in [5.74, 6) is -1.44. The number of allylic oxidation sites excluding steroid dienone is 2. The van der Waals surface area contributed by atoms with Gasteiger partial charge in [0.2, 0.25) is 0 Å². The van der Waals surface area contributed by atoms with Crippen LogP contribution in [0, 0.1) is 23.7 Å². The summed E-state index contributed by atoms with van der Waals surface area (Å²) in [7, 11) is -1.52. The average molecular weight is 1060 g/mol. The normalized spacial score (nSPS) is 44.5. The lowest BCUT2D eigenvalue weighted by atomic mass is 9.71. The standard InChI is InChI=1S/C57H96O14Si2/c1-19-33(2)50-36(5)25-26-56(69-50)31-42-28-41(68-56)24-23-35(4)49(66-47-30-45(61-13)52(39(8)64-47)67-46-29-44(60-12)48(58)38(7)63-46)34(3)21-20-22-40-32-62-53-51(70-73(17,18)55(9,10)11)37(6)27-43(54(59)65-42)57(40,53)71-72(14,15)16/h20-23,27,33-34,36,38-39,41-53,58H,19,24-26,28-32H2,1-18H3/b21-20+,35-23+,40-22+/t33-,34-,36-,38-,39-,41+,42-,43-,44-,45-,46-,47-,48-,49-,50+,51+,52-,53+,56+,57+/m0/s1. The van der Waals surface area contributed by atoms with Crippen LogP contribution in [0.25, 0.3) is 0 Å². The van der Waals surface area contributed by atoms with E-state index < -0.39 is 101 Å². The second-order valence-electron chi connectivity index (χ2n) is 25.4. The van der Waals surface area contributed by atoms with Crippen molar-refractivity contribution in [2.45, 2.75) is 263 Å². The summed E-state index contributed by atoms with van der Waals surface area (Å²) in [5.41, 5.74) is 1.69. The Hall–Kier alpha value is -1.62. The average Bonchev–Trinajstić information content (AvgIpc) is 3.66. The molecule has 5 fully saturated rings. The smallest absolute Gasteiger partial charge is 0.316 e. The van der Waals surface area contributed by atoms with Crippen LogP contribution in [0.3, 0.4) is 0 Å². The predicted octanol–water partition coefficient (Wildman–Crippen LogP) is 10.5. The van der Waals surface area contributed by atoms with Crippen molar-refractivity contribution in [3.05, 3.63) is 47.1 Å². The third kappa shape index (κ3) is 13.0. The van der Waals surface area contributed by atoms with Crippen molar-refractivity contribution in [2.24, 2.45) is 23.7 Å². The van der Waals surface area contributed by atoms with Crippen LogP contribution in [0.1, 0.15) is 128 Å². The number of hydrogen-bond acceptors (Lipinski definition) is 14. The van der Waals surface area contributed by atoms with Gasteiger partial charge in [0.1, 0.15) is 35.9 Å². The summed E-state index contributed by atoms with van der Waals surface area (Å²) < 4.78 is 81.2. The summed E-state index contributed by atoms with van der Waals surface area (Å²) in [6.45, 7) is 35.0. The molecular formula is C57H96O14Si2. The number of ether oxygens (including phenoxy) is 10. The van der Waals surface area contributed by atoms with E-state index in [0.717, 1.165) is 29.6 Å². The topological polar surface area (TPSA) is 148 Å². The maximum atomic E-state index is 15.4. The maximum Gasteiger partial charge on any atom is 0.316 e. The molecule has 0 saturated carbocycles. The lowest BCUT2D eigenvalue weighted by Crippen LogP contribution is -2.64. The van der Waals surface area contributed by atoms with Crippen LogP contribution in [-0.2, 0) is 61.0 Å². The van der Waals surface area contributed by atoms with E-state index in [-0.39, 0.29) is 41.8 Å². The number of rotatable bonds is 12. The third-order valence-electron chi connectivity index (χ3n) is 17.6. The van der Waals surface area contributed by atoms with Crippen molar-refractivity contribution in [3.8, 4) is 0 Å². The zero-order valence-corrected chi connectivity index (χ0v) is 49.9. The molecule has 0 radical (unpaired) electrons. The number of methoxy groups -OCH3 is 2. The van der Waals surface area contributed by atoms with Crippen molar-refractivity contribution in [1.82, 2.24) is 0 Å². The second-order valence-corrected chi connectivity index (χ2v) is 34.6. The highest BCUT2D eigenvalue weighted by Gasteiger charge is 2.64. The van der Waals surface area contributed by atoms with Gasteiger partial charge in [-0.1, -0.05) is 85.3 Å². The van der Waals surface area contributed by atoms with Gasteiger partial charge in [0.25, 0.3) is 0 Å². The van der Waals surface area contributed by atoms with Gasteiger partial charge in [-0.05, 0) is 107 Å². The van der Waals surface area contributed by atoms with Gasteiger partial charge in [0.15, 0.2) is 35.0 Å². The Morgan fingerprint density at radius 1 is 0.877 bits per heavy atom. The van der Waals surface area contributed by atoms with Crippen molar-refractivity contribution >= 4 is 22.6 Å². The minimum atomic E-state index is -2.44. The molecule has 20 atom stereocenters. The molecule has 0 amide bonds. The third-order valence-corrected chi connectivity index (χ3v) is 23.0. The van der Waals surface area contributed by atoms with Crippen LogP contribution in [-0.4, -0.2) is 146 Å². The van der Waals surface area contributed by atoms with Gasteiger partial charge in [-0.15, -0.1) is 0 Å². The van der Waals surface area contributed by atoms with Gasteiger partial charge < -0.3 is 61.3 Å². The molecule has 5 saturated heterocycles. The van der Waals surface area contributed by atoms with E-state index >= 15 is 4.79 Å². The van der Waals surface area contributed by atoms with Crippen molar-refractivity contribution in [3.63, 3.8) is 0 Å².